The van der Waals surface area contributed by atoms with Gasteiger partial charge in [-0.3, -0.25) is 19.2 Å². The third kappa shape index (κ3) is 7.11. The molecular weight excluding hydrogens is 649 g/mol. The number of nitrogens with zero attached hydrogens (tertiary/aromatic N) is 1. The Bertz CT molecular complexity index is 1630. The third-order valence-electron chi connectivity index (χ3n) is 6.20. The SMILES string of the molecule is O=C(Nc1cccc(S[C@H]2CC(=O)N(c3ccc(I)cc3)C2=O)c1)/C(=C\c1ccccc1)NC(=O)c1ccccc1. The Morgan fingerprint density at radius 2 is 1.54 bits per heavy atom. The second-order valence-corrected chi connectivity index (χ2v) is 11.6. The molecule has 1 heterocycles. The van der Waals surface area contributed by atoms with Gasteiger partial charge in [-0.25, -0.2) is 4.90 Å². The van der Waals surface area contributed by atoms with E-state index in [1.54, 1.807) is 60.7 Å². The fourth-order valence-electron chi connectivity index (χ4n) is 4.23. The molecule has 1 saturated heterocycles. The van der Waals surface area contributed by atoms with Crippen LogP contribution in [0, 0.1) is 3.57 Å². The number of anilines is 2. The highest BCUT2D eigenvalue weighted by atomic mass is 127. The molecule has 41 heavy (non-hydrogen) atoms. The van der Waals surface area contributed by atoms with Crippen LogP contribution in [-0.4, -0.2) is 28.9 Å². The maximum absolute atomic E-state index is 13.4. The summed E-state index contributed by atoms with van der Waals surface area (Å²) in [6, 6.07) is 32.1. The number of hydrogen-bond donors (Lipinski definition) is 2. The lowest BCUT2D eigenvalue weighted by Crippen LogP contribution is -2.31. The van der Waals surface area contributed by atoms with E-state index in [0.29, 0.717) is 16.9 Å². The van der Waals surface area contributed by atoms with Crippen molar-refractivity contribution in [1.82, 2.24) is 5.32 Å². The lowest BCUT2D eigenvalue weighted by Gasteiger charge is -2.15. The van der Waals surface area contributed by atoms with Gasteiger partial charge >= 0.3 is 0 Å². The van der Waals surface area contributed by atoms with Crippen LogP contribution in [0.3, 0.4) is 0 Å². The third-order valence-corrected chi connectivity index (χ3v) is 8.10. The predicted octanol–water partition coefficient (Wildman–Crippen LogP) is 6.13. The van der Waals surface area contributed by atoms with E-state index in [2.05, 4.69) is 33.2 Å². The number of imide groups is 1. The number of hydrogen-bond acceptors (Lipinski definition) is 5. The van der Waals surface area contributed by atoms with Crippen LogP contribution in [0.25, 0.3) is 6.08 Å². The molecule has 1 aliphatic heterocycles. The van der Waals surface area contributed by atoms with Crippen LogP contribution >= 0.6 is 34.4 Å². The van der Waals surface area contributed by atoms with Gasteiger partial charge in [0.2, 0.25) is 11.8 Å². The molecule has 1 atom stereocenters. The highest BCUT2D eigenvalue weighted by molar-refractivity contribution is 14.1. The van der Waals surface area contributed by atoms with Crippen molar-refractivity contribution in [3.05, 3.63) is 130 Å². The molecule has 0 radical (unpaired) electrons. The molecule has 0 spiro atoms. The standard InChI is InChI=1S/C32H24IN3O4S/c33-23-14-16-25(17-15-23)36-29(37)20-28(32(36)40)41-26-13-7-12-24(19-26)34-31(39)27(18-21-8-3-1-4-9-21)35-30(38)22-10-5-2-6-11-22/h1-19,28H,20H2,(H,34,39)(H,35,38)/b27-18+/t28-/m0/s1. The quantitative estimate of drug-likeness (QED) is 0.134. The number of halogens is 1. The number of rotatable bonds is 8. The molecule has 1 aliphatic rings. The maximum Gasteiger partial charge on any atom is 0.272 e. The molecule has 0 saturated carbocycles. The Hall–Kier alpha value is -4.22. The zero-order chi connectivity index (χ0) is 28.8. The smallest absolute Gasteiger partial charge is 0.272 e. The van der Waals surface area contributed by atoms with Crippen molar-refractivity contribution < 1.29 is 19.2 Å². The molecule has 4 aromatic rings. The molecular formula is C32H24IN3O4S. The average Bonchev–Trinajstić information content (AvgIpc) is 3.26. The molecule has 9 heteroatoms. The van der Waals surface area contributed by atoms with Crippen molar-refractivity contribution in [2.45, 2.75) is 16.6 Å². The van der Waals surface area contributed by atoms with E-state index in [9.17, 15) is 19.2 Å². The second-order valence-electron chi connectivity index (χ2n) is 9.13. The van der Waals surface area contributed by atoms with Crippen LogP contribution in [-0.2, 0) is 14.4 Å². The zero-order valence-electron chi connectivity index (χ0n) is 21.6. The Balaban J connectivity index is 1.31. The summed E-state index contributed by atoms with van der Waals surface area (Å²) in [7, 11) is 0. The number of carbonyl (C=O) groups excluding carboxylic acids is 4. The number of carbonyl (C=O) groups is 4. The highest BCUT2D eigenvalue weighted by Crippen LogP contribution is 2.35. The normalized spacial score (nSPS) is 15.1. The number of benzene rings is 4. The van der Waals surface area contributed by atoms with Crippen molar-refractivity contribution in [1.29, 1.82) is 0 Å². The first-order chi connectivity index (χ1) is 19.9. The number of amides is 4. The maximum atomic E-state index is 13.4. The van der Waals surface area contributed by atoms with Gasteiger partial charge in [-0.2, -0.15) is 0 Å². The molecule has 0 aliphatic carbocycles. The Morgan fingerprint density at radius 1 is 0.854 bits per heavy atom. The summed E-state index contributed by atoms with van der Waals surface area (Å²) in [5, 5.41) is 5.00. The first-order valence-corrected chi connectivity index (χ1v) is 14.7. The summed E-state index contributed by atoms with van der Waals surface area (Å²) in [6.07, 6.45) is 1.69. The minimum atomic E-state index is -0.577. The van der Waals surface area contributed by atoms with E-state index < -0.39 is 17.1 Å². The van der Waals surface area contributed by atoms with Gasteiger partial charge < -0.3 is 10.6 Å². The summed E-state index contributed by atoms with van der Waals surface area (Å²) < 4.78 is 1.01. The van der Waals surface area contributed by atoms with Gasteiger partial charge in [0.05, 0.1) is 10.9 Å². The molecule has 7 nitrogen and oxygen atoms in total. The largest absolute Gasteiger partial charge is 0.321 e. The van der Waals surface area contributed by atoms with Crippen molar-refractivity contribution in [2.24, 2.45) is 0 Å². The minimum absolute atomic E-state index is 0.0767. The van der Waals surface area contributed by atoms with Crippen LogP contribution in [0.5, 0.6) is 0 Å². The van der Waals surface area contributed by atoms with Crippen LogP contribution < -0.4 is 15.5 Å². The zero-order valence-corrected chi connectivity index (χ0v) is 24.6. The van der Waals surface area contributed by atoms with E-state index in [0.717, 1.165) is 14.0 Å². The summed E-state index contributed by atoms with van der Waals surface area (Å²) in [5.74, 6) is -1.43. The van der Waals surface area contributed by atoms with Gasteiger partial charge in [0.25, 0.3) is 11.8 Å². The molecule has 2 N–H and O–H groups in total. The van der Waals surface area contributed by atoms with Gasteiger partial charge in [0.15, 0.2) is 0 Å². The van der Waals surface area contributed by atoms with Crippen LogP contribution in [0.4, 0.5) is 11.4 Å². The van der Waals surface area contributed by atoms with Gasteiger partial charge in [-0.1, -0.05) is 54.6 Å². The molecule has 1 fully saturated rings. The second kappa shape index (κ2) is 13.0. The molecule has 204 valence electrons. The Kier molecular flexibility index (Phi) is 8.95. The van der Waals surface area contributed by atoms with Crippen LogP contribution in [0.15, 0.2) is 120 Å². The molecule has 4 amide bonds. The minimum Gasteiger partial charge on any atom is -0.321 e. The summed E-state index contributed by atoms with van der Waals surface area (Å²) in [5.41, 5.74) is 2.29. The van der Waals surface area contributed by atoms with Gasteiger partial charge in [0, 0.05) is 26.1 Å². The summed E-state index contributed by atoms with van der Waals surface area (Å²) in [6.45, 7) is 0. The van der Waals surface area contributed by atoms with Crippen molar-refractivity contribution in [3.63, 3.8) is 0 Å². The molecule has 0 aromatic heterocycles. The van der Waals surface area contributed by atoms with Gasteiger partial charge in [-0.15, -0.1) is 11.8 Å². The lowest BCUT2D eigenvalue weighted by molar-refractivity contribution is -0.121. The molecule has 4 aromatic carbocycles. The van der Waals surface area contributed by atoms with Gasteiger partial charge in [0.1, 0.15) is 5.70 Å². The fourth-order valence-corrected chi connectivity index (χ4v) is 5.70. The molecule has 5 rings (SSSR count). The number of nitrogens with one attached hydrogen (secondary N) is 2. The summed E-state index contributed by atoms with van der Waals surface area (Å²) in [4.78, 5) is 54.0. The Morgan fingerprint density at radius 3 is 2.24 bits per heavy atom. The van der Waals surface area contributed by atoms with Crippen molar-refractivity contribution in [3.8, 4) is 0 Å². The average molecular weight is 674 g/mol. The van der Waals surface area contributed by atoms with Crippen LogP contribution in [0.1, 0.15) is 22.3 Å². The van der Waals surface area contributed by atoms with Crippen molar-refractivity contribution in [2.75, 3.05) is 10.2 Å². The highest BCUT2D eigenvalue weighted by Gasteiger charge is 2.40. The van der Waals surface area contributed by atoms with E-state index in [4.69, 9.17) is 0 Å². The predicted molar refractivity (Wildman–Crippen MR) is 169 cm³/mol. The van der Waals surface area contributed by atoms with Gasteiger partial charge in [-0.05, 0) is 88.8 Å². The van der Waals surface area contributed by atoms with E-state index in [1.165, 1.54) is 16.7 Å². The van der Waals surface area contributed by atoms with Crippen LogP contribution in [0.2, 0.25) is 0 Å². The Labute approximate surface area is 255 Å². The van der Waals surface area contributed by atoms with E-state index in [1.807, 2.05) is 54.6 Å². The first-order valence-electron chi connectivity index (χ1n) is 12.7. The topological polar surface area (TPSA) is 95.6 Å². The fraction of sp³-hybridized carbons (Fsp3) is 0.0625. The monoisotopic (exact) mass is 673 g/mol. The number of thioether (sulfide) groups is 1. The molecule has 0 unspecified atom stereocenters. The van der Waals surface area contributed by atoms with E-state index >= 15 is 0 Å². The lowest BCUT2D eigenvalue weighted by atomic mass is 10.1. The summed E-state index contributed by atoms with van der Waals surface area (Å²) >= 11 is 3.45. The molecule has 0 bridgehead atoms. The first kappa shape index (κ1) is 28.3. The van der Waals surface area contributed by atoms with Crippen molar-refractivity contribution >= 4 is 75.4 Å². The van der Waals surface area contributed by atoms with E-state index in [-0.39, 0.29) is 23.9 Å².